The molecule has 0 heterocycles. The molecular weight excluding hydrogens is 402 g/mol. The number of aryl methyl sites for hydroxylation is 2. The Morgan fingerprint density at radius 2 is 1.63 bits per heavy atom. The third-order valence-corrected chi connectivity index (χ3v) is 5.92. The summed E-state index contributed by atoms with van der Waals surface area (Å²) in [5, 5.41) is 5.56. The largest absolute Gasteiger partial charge is 0.350 e. The highest BCUT2D eigenvalue weighted by molar-refractivity contribution is 7.92. The van der Waals surface area contributed by atoms with Gasteiger partial charge in [0.2, 0.25) is 15.9 Å². The number of amides is 2. The number of hydrogen-bond acceptors (Lipinski definition) is 4. The monoisotopic (exact) mass is 431 g/mol. The summed E-state index contributed by atoms with van der Waals surface area (Å²) in [5.74, 6) is -0.832. The average Bonchev–Trinajstić information content (AvgIpc) is 2.66. The molecule has 0 aromatic heterocycles. The van der Waals surface area contributed by atoms with Gasteiger partial charge in [-0.15, -0.1) is 0 Å². The van der Waals surface area contributed by atoms with Crippen LogP contribution in [0.5, 0.6) is 0 Å². The Labute approximate surface area is 178 Å². The second-order valence-corrected chi connectivity index (χ2v) is 9.29. The number of sulfonamides is 1. The Morgan fingerprint density at radius 3 is 2.20 bits per heavy atom. The standard InChI is InChI=1S/C22H29N3O4S/c1-6-17(4)23-22(27)18-12-7-8-13-19(18)24-20(26)14-25(30(5,28)29)21-15(2)10-9-11-16(21)3/h7-13,17H,6,14H2,1-5H3,(H,23,27)(H,24,26)/t17-/m1/s1. The summed E-state index contributed by atoms with van der Waals surface area (Å²) >= 11 is 0. The van der Waals surface area contributed by atoms with Crippen LogP contribution >= 0.6 is 0 Å². The first kappa shape index (κ1) is 23.4. The molecule has 0 radical (unpaired) electrons. The number of carbonyl (C=O) groups is 2. The summed E-state index contributed by atoms with van der Waals surface area (Å²) in [6, 6.07) is 12.1. The van der Waals surface area contributed by atoms with Gasteiger partial charge in [0.1, 0.15) is 6.54 Å². The van der Waals surface area contributed by atoms with E-state index in [1.54, 1.807) is 50.2 Å². The number of para-hydroxylation sites is 2. The normalized spacial score (nSPS) is 12.2. The number of nitrogens with zero attached hydrogens (tertiary/aromatic N) is 1. The minimum absolute atomic E-state index is 0.00832. The van der Waals surface area contributed by atoms with Crippen molar-refractivity contribution in [1.82, 2.24) is 5.32 Å². The lowest BCUT2D eigenvalue weighted by Gasteiger charge is -2.25. The van der Waals surface area contributed by atoms with Gasteiger partial charge in [-0.25, -0.2) is 8.42 Å². The van der Waals surface area contributed by atoms with Crippen molar-refractivity contribution in [2.24, 2.45) is 0 Å². The predicted molar refractivity (Wildman–Crippen MR) is 120 cm³/mol. The van der Waals surface area contributed by atoms with Gasteiger partial charge < -0.3 is 10.6 Å². The fourth-order valence-corrected chi connectivity index (χ4v) is 4.05. The van der Waals surface area contributed by atoms with Gasteiger partial charge in [-0.3, -0.25) is 13.9 Å². The second-order valence-electron chi connectivity index (χ2n) is 7.39. The summed E-state index contributed by atoms with van der Waals surface area (Å²) in [6.07, 6.45) is 1.85. The van der Waals surface area contributed by atoms with E-state index >= 15 is 0 Å². The highest BCUT2D eigenvalue weighted by Crippen LogP contribution is 2.26. The van der Waals surface area contributed by atoms with E-state index in [0.29, 0.717) is 16.9 Å². The van der Waals surface area contributed by atoms with Gasteiger partial charge >= 0.3 is 0 Å². The Balaban J connectivity index is 2.29. The molecule has 0 spiro atoms. The lowest BCUT2D eigenvalue weighted by Crippen LogP contribution is -2.38. The SMILES string of the molecule is CC[C@@H](C)NC(=O)c1ccccc1NC(=O)CN(c1c(C)cccc1C)S(C)(=O)=O. The maximum Gasteiger partial charge on any atom is 0.253 e. The van der Waals surface area contributed by atoms with Gasteiger partial charge in [0.05, 0.1) is 23.2 Å². The van der Waals surface area contributed by atoms with Gasteiger partial charge in [-0.2, -0.15) is 0 Å². The van der Waals surface area contributed by atoms with E-state index in [1.807, 2.05) is 19.9 Å². The van der Waals surface area contributed by atoms with Crippen molar-refractivity contribution in [3.05, 3.63) is 59.2 Å². The van der Waals surface area contributed by atoms with Crippen LogP contribution in [-0.2, 0) is 14.8 Å². The lowest BCUT2D eigenvalue weighted by molar-refractivity contribution is -0.114. The van der Waals surface area contributed by atoms with E-state index in [-0.39, 0.29) is 11.9 Å². The van der Waals surface area contributed by atoms with Crippen LogP contribution in [0.4, 0.5) is 11.4 Å². The summed E-state index contributed by atoms with van der Waals surface area (Å²) in [4.78, 5) is 25.3. The molecule has 0 aliphatic heterocycles. The van der Waals surface area contributed by atoms with Crippen molar-refractivity contribution in [2.45, 2.75) is 40.2 Å². The molecule has 2 aromatic rings. The van der Waals surface area contributed by atoms with Gasteiger partial charge in [-0.05, 0) is 50.5 Å². The number of nitrogens with one attached hydrogen (secondary N) is 2. The maximum absolute atomic E-state index is 12.8. The predicted octanol–water partition coefficient (Wildman–Crippen LogP) is 3.24. The number of anilines is 2. The second kappa shape index (κ2) is 9.75. The van der Waals surface area contributed by atoms with Crippen molar-refractivity contribution in [3.63, 3.8) is 0 Å². The molecule has 2 aromatic carbocycles. The van der Waals surface area contributed by atoms with E-state index in [9.17, 15) is 18.0 Å². The van der Waals surface area contributed by atoms with E-state index in [4.69, 9.17) is 0 Å². The summed E-state index contributed by atoms with van der Waals surface area (Å²) < 4.78 is 26.0. The molecule has 0 saturated heterocycles. The van der Waals surface area contributed by atoms with E-state index in [2.05, 4.69) is 10.6 Å². The van der Waals surface area contributed by atoms with Gasteiger partial charge in [-0.1, -0.05) is 37.3 Å². The van der Waals surface area contributed by atoms with Gasteiger partial charge in [0.15, 0.2) is 0 Å². The van der Waals surface area contributed by atoms with E-state index in [1.165, 1.54) is 0 Å². The number of rotatable bonds is 8. The average molecular weight is 432 g/mol. The molecule has 2 amide bonds. The number of benzene rings is 2. The van der Waals surface area contributed by atoms with Crippen molar-refractivity contribution < 1.29 is 18.0 Å². The Kier molecular flexibility index (Phi) is 7.61. The van der Waals surface area contributed by atoms with Crippen LogP contribution in [0.25, 0.3) is 0 Å². The molecular formula is C22H29N3O4S. The van der Waals surface area contributed by atoms with Crippen LogP contribution in [0.3, 0.4) is 0 Å². The summed E-state index contributed by atoms with van der Waals surface area (Å²) in [6.45, 7) is 7.06. The maximum atomic E-state index is 12.8. The van der Waals surface area contributed by atoms with Crippen molar-refractivity contribution in [2.75, 3.05) is 22.4 Å². The molecule has 1 atom stereocenters. The molecule has 162 valence electrons. The molecule has 0 fully saturated rings. The number of hydrogen-bond donors (Lipinski definition) is 2. The quantitative estimate of drug-likeness (QED) is 0.671. The third kappa shape index (κ3) is 5.82. The van der Waals surface area contributed by atoms with Crippen LogP contribution in [0.15, 0.2) is 42.5 Å². The first-order valence-electron chi connectivity index (χ1n) is 9.78. The van der Waals surface area contributed by atoms with Crippen molar-refractivity contribution in [3.8, 4) is 0 Å². The molecule has 0 unspecified atom stereocenters. The van der Waals surface area contributed by atoms with Crippen LogP contribution in [0.2, 0.25) is 0 Å². The zero-order chi connectivity index (χ0) is 22.5. The number of carbonyl (C=O) groups excluding carboxylic acids is 2. The van der Waals surface area contributed by atoms with Crippen LogP contribution in [-0.4, -0.2) is 39.1 Å². The molecule has 0 saturated carbocycles. The van der Waals surface area contributed by atoms with E-state index < -0.39 is 22.5 Å². The van der Waals surface area contributed by atoms with Crippen LogP contribution in [0, 0.1) is 13.8 Å². The van der Waals surface area contributed by atoms with Crippen LogP contribution in [0.1, 0.15) is 41.8 Å². The van der Waals surface area contributed by atoms with Gasteiger partial charge in [0.25, 0.3) is 5.91 Å². The highest BCUT2D eigenvalue weighted by Gasteiger charge is 2.24. The molecule has 8 heteroatoms. The molecule has 0 aliphatic carbocycles. The molecule has 0 aliphatic rings. The van der Waals surface area contributed by atoms with E-state index in [0.717, 1.165) is 28.1 Å². The fourth-order valence-electron chi connectivity index (χ4n) is 3.08. The lowest BCUT2D eigenvalue weighted by atomic mass is 10.1. The molecule has 30 heavy (non-hydrogen) atoms. The Morgan fingerprint density at radius 1 is 1.03 bits per heavy atom. The fraction of sp³-hybridized carbons (Fsp3) is 0.364. The first-order valence-corrected chi connectivity index (χ1v) is 11.6. The highest BCUT2D eigenvalue weighted by atomic mass is 32.2. The smallest absolute Gasteiger partial charge is 0.253 e. The molecule has 0 bridgehead atoms. The summed E-state index contributed by atoms with van der Waals surface area (Å²) in [5.41, 5.74) is 2.64. The third-order valence-electron chi connectivity index (χ3n) is 4.81. The van der Waals surface area contributed by atoms with Crippen LogP contribution < -0.4 is 14.9 Å². The minimum atomic E-state index is -3.70. The first-order chi connectivity index (χ1) is 14.0. The Bertz CT molecular complexity index is 1010. The summed E-state index contributed by atoms with van der Waals surface area (Å²) in [7, 11) is -3.70. The zero-order valence-corrected chi connectivity index (χ0v) is 18.8. The molecule has 2 N–H and O–H groups in total. The minimum Gasteiger partial charge on any atom is -0.350 e. The zero-order valence-electron chi connectivity index (χ0n) is 18.0. The molecule has 2 rings (SSSR count). The van der Waals surface area contributed by atoms with Crippen molar-refractivity contribution in [1.29, 1.82) is 0 Å². The topological polar surface area (TPSA) is 95.6 Å². The molecule has 7 nitrogen and oxygen atoms in total. The Hall–Kier alpha value is -2.87. The van der Waals surface area contributed by atoms with Crippen molar-refractivity contribution >= 4 is 33.2 Å². The van der Waals surface area contributed by atoms with Gasteiger partial charge in [0, 0.05) is 6.04 Å².